The predicted molar refractivity (Wildman–Crippen MR) is 68.0 cm³/mol. The highest BCUT2D eigenvalue weighted by Gasteiger charge is 2.04. The van der Waals surface area contributed by atoms with Gasteiger partial charge >= 0.3 is 0 Å². The van der Waals surface area contributed by atoms with Crippen LogP contribution >= 0.6 is 0 Å². The lowest BCUT2D eigenvalue weighted by Gasteiger charge is -2.08. The molecule has 0 saturated carbocycles. The molecular weight excluding hydrogens is 219 g/mol. The Morgan fingerprint density at radius 1 is 1.35 bits per heavy atom. The molecule has 0 bridgehead atoms. The number of aryl methyl sites for hydroxylation is 2. The monoisotopic (exact) mass is 238 g/mol. The van der Waals surface area contributed by atoms with Crippen LogP contribution in [0, 0.1) is 19.7 Å². The number of hydrogen-bond donors (Lipinski definition) is 3. The van der Waals surface area contributed by atoms with E-state index in [-0.39, 0.29) is 5.82 Å². The Hall–Kier alpha value is -1.62. The molecule has 94 valence electrons. The van der Waals surface area contributed by atoms with Crippen molar-refractivity contribution in [3.8, 4) is 0 Å². The molecule has 5 heteroatoms. The van der Waals surface area contributed by atoms with Crippen molar-refractivity contribution >= 4 is 5.96 Å². The van der Waals surface area contributed by atoms with E-state index in [1.807, 2.05) is 6.92 Å². The van der Waals surface area contributed by atoms with Gasteiger partial charge in [-0.15, -0.1) is 0 Å². The molecule has 0 aliphatic carbocycles. The number of nitrogens with one attached hydrogen (secondary N) is 2. The molecule has 0 amide bonds. The van der Waals surface area contributed by atoms with E-state index in [1.54, 1.807) is 26.0 Å². The summed E-state index contributed by atoms with van der Waals surface area (Å²) < 4.78 is 13.4. The maximum atomic E-state index is 13.4. The highest BCUT2D eigenvalue weighted by Crippen LogP contribution is 2.15. The zero-order chi connectivity index (χ0) is 12.8. The molecule has 0 spiro atoms. The van der Waals surface area contributed by atoms with Crippen LogP contribution < -0.4 is 16.6 Å². The van der Waals surface area contributed by atoms with Crippen LogP contribution in [0.15, 0.2) is 17.1 Å². The zero-order valence-electron chi connectivity index (χ0n) is 10.5. The van der Waals surface area contributed by atoms with Crippen molar-refractivity contribution in [2.45, 2.75) is 27.3 Å². The Kier molecular flexibility index (Phi) is 4.90. The molecule has 4 nitrogen and oxygen atoms in total. The van der Waals surface area contributed by atoms with Crippen LogP contribution in [0.5, 0.6) is 0 Å². The molecule has 1 aromatic rings. The first-order valence-electron chi connectivity index (χ1n) is 5.59. The van der Waals surface area contributed by atoms with E-state index < -0.39 is 0 Å². The van der Waals surface area contributed by atoms with Gasteiger partial charge in [-0.25, -0.2) is 15.2 Å². The summed E-state index contributed by atoms with van der Waals surface area (Å²) in [5.41, 5.74) is 4.72. The summed E-state index contributed by atoms with van der Waals surface area (Å²) in [6.07, 6.45) is 0. The third-order valence-corrected chi connectivity index (χ3v) is 2.40. The van der Waals surface area contributed by atoms with E-state index in [1.165, 1.54) is 0 Å². The number of nitrogens with zero attached hydrogens (tertiary/aromatic N) is 1. The Morgan fingerprint density at radius 3 is 2.41 bits per heavy atom. The molecule has 0 unspecified atom stereocenters. The van der Waals surface area contributed by atoms with Crippen molar-refractivity contribution < 1.29 is 4.39 Å². The molecule has 1 rings (SSSR count). The maximum Gasteiger partial charge on any atom is 0.206 e. The number of hydrazine groups is 1. The van der Waals surface area contributed by atoms with E-state index in [9.17, 15) is 4.39 Å². The normalized spacial score (nSPS) is 11.5. The molecule has 1 aromatic carbocycles. The molecule has 0 aliphatic rings. The molecule has 0 radical (unpaired) electrons. The van der Waals surface area contributed by atoms with Gasteiger partial charge in [0, 0.05) is 6.54 Å². The summed E-state index contributed by atoms with van der Waals surface area (Å²) in [4.78, 5) is 4.26. The van der Waals surface area contributed by atoms with Gasteiger partial charge in [-0.05, 0) is 37.5 Å². The van der Waals surface area contributed by atoms with Gasteiger partial charge < -0.3 is 5.32 Å². The maximum absolute atomic E-state index is 13.4. The summed E-state index contributed by atoms with van der Waals surface area (Å²) in [6.45, 7) is 6.67. The van der Waals surface area contributed by atoms with Crippen LogP contribution in [0.4, 0.5) is 4.39 Å². The van der Waals surface area contributed by atoms with Gasteiger partial charge in [-0.1, -0.05) is 12.1 Å². The first-order chi connectivity index (χ1) is 8.08. The molecule has 0 fully saturated rings. The van der Waals surface area contributed by atoms with Crippen LogP contribution in [0.2, 0.25) is 0 Å². The van der Waals surface area contributed by atoms with Gasteiger partial charge in [0.25, 0.3) is 0 Å². The third kappa shape index (κ3) is 3.71. The van der Waals surface area contributed by atoms with Crippen LogP contribution in [-0.2, 0) is 6.54 Å². The second-order valence-electron chi connectivity index (χ2n) is 3.88. The lowest BCUT2D eigenvalue weighted by molar-refractivity contribution is 0.608. The molecule has 0 atom stereocenters. The van der Waals surface area contributed by atoms with Gasteiger partial charge in [0.1, 0.15) is 5.82 Å². The first-order valence-corrected chi connectivity index (χ1v) is 5.59. The standard InChI is InChI=1S/C12H19FN4/c1-4-15-12(17-14)16-7-10-5-8(2)11(13)9(3)6-10/h5-6H,4,7,14H2,1-3H3,(H2,15,16,17). The molecule has 0 saturated heterocycles. The van der Waals surface area contributed by atoms with E-state index in [4.69, 9.17) is 5.84 Å². The molecule has 0 aromatic heterocycles. The summed E-state index contributed by atoms with van der Waals surface area (Å²) in [5.74, 6) is 5.69. The zero-order valence-corrected chi connectivity index (χ0v) is 10.5. The second kappa shape index (κ2) is 6.20. The summed E-state index contributed by atoms with van der Waals surface area (Å²) in [7, 11) is 0. The minimum Gasteiger partial charge on any atom is -0.356 e. The third-order valence-electron chi connectivity index (χ3n) is 2.40. The fourth-order valence-corrected chi connectivity index (χ4v) is 1.62. The minimum absolute atomic E-state index is 0.151. The topological polar surface area (TPSA) is 62.4 Å². The highest BCUT2D eigenvalue weighted by molar-refractivity contribution is 5.79. The summed E-state index contributed by atoms with van der Waals surface area (Å²) in [5, 5.41) is 2.98. The van der Waals surface area contributed by atoms with Gasteiger partial charge in [0.15, 0.2) is 0 Å². The molecule has 0 heterocycles. The Bertz CT molecular complexity index is 392. The quantitative estimate of drug-likeness (QED) is 0.322. The summed E-state index contributed by atoms with van der Waals surface area (Å²) >= 11 is 0. The van der Waals surface area contributed by atoms with Crippen molar-refractivity contribution in [2.24, 2.45) is 10.8 Å². The average molecular weight is 238 g/mol. The van der Waals surface area contributed by atoms with E-state index in [2.05, 4.69) is 15.7 Å². The van der Waals surface area contributed by atoms with Gasteiger partial charge in [-0.3, -0.25) is 5.43 Å². The van der Waals surface area contributed by atoms with Gasteiger partial charge in [0.05, 0.1) is 6.54 Å². The lowest BCUT2D eigenvalue weighted by atomic mass is 10.1. The number of aliphatic imine (C=N–C) groups is 1. The van der Waals surface area contributed by atoms with Crippen molar-refractivity contribution in [3.63, 3.8) is 0 Å². The highest BCUT2D eigenvalue weighted by atomic mass is 19.1. The van der Waals surface area contributed by atoms with Crippen LogP contribution in [0.3, 0.4) is 0 Å². The van der Waals surface area contributed by atoms with E-state index >= 15 is 0 Å². The lowest BCUT2D eigenvalue weighted by Crippen LogP contribution is -2.41. The van der Waals surface area contributed by atoms with E-state index in [0.717, 1.165) is 12.1 Å². The van der Waals surface area contributed by atoms with Crippen molar-refractivity contribution in [3.05, 3.63) is 34.6 Å². The minimum atomic E-state index is -0.151. The van der Waals surface area contributed by atoms with E-state index in [0.29, 0.717) is 23.6 Å². The molecule has 0 aliphatic heterocycles. The fraction of sp³-hybridized carbons (Fsp3) is 0.417. The van der Waals surface area contributed by atoms with Crippen LogP contribution in [0.1, 0.15) is 23.6 Å². The Morgan fingerprint density at radius 2 is 1.94 bits per heavy atom. The van der Waals surface area contributed by atoms with Crippen LogP contribution in [-0.4, -0.2) is 12.5 Å². The number of halogens is 1. The fourth-order valence-electron chi connectivity index (χ4n) is 1.62. The smallest absolute Gasteiger partial charge is 0.206 e. The van der Waals surface area contributed by atoms with Crippen molar-refractivity contribution in [1.82, 2.24) is 10.7 Å². The van der Waals surface area contributed by atoms with Gasteiger partial charge in [-0.2, -0.15) is 0 Å². The molecule has 4 N–H and O–H groups in total. The largest absolute Gasteiger partial charge is 0.356 e. The van der Waals surface area contributed by atoms with Gasteiger partial charge in [0.2, 0.25) is 5.96 Å². The predicted octanol–water partition coefficient (Wildman–Crippen LogP) is 1.37. The average Bonchev–Trinajstić information content (AvgIpc) is 2.31. The molecule has 17 heavy (non-hydrogen) atoms. The second-order valence-corrected chi connectivity index (χ2v) is 3.88. The number of guanidine groups is 1. The number of rotatable bonds is 3. The first kappa shape index (κ1) is 13.4. The Balaban J connectivity index is 2.82. The number of hydrogen-bond acceptors (Lipinski definition) is 2. The number of benzene rings is 1. The summed E-state index contributed by atoms with van der Waals surface area (Å²) in [6, 6.07) is 3.60. The SMILES string of the molecule is CCNC(=NCc1cc(C)c(F)c(C)c1)NN. The van der Waals surface area contributed by atoms with Crippen LogP contribution in [0.25, 0.3) is 0 Å². The van der Waals surface area contributed by atoms with Crippen molar-refractivity contribution in [2.75, 3.05) is 6.54 Å². The number of nitrogens with two attached hydrogens (primary N) is 1. The Labute approximate surface area is 101 Å². The molecular formula is C12H19FN4. The van der Waals surface area contributed by atoms with Crippen molar-refractivity contribution in [1.29, 1.82) is 0 Å².